The average molecular weight is 409 g/mol. The number of benzene rings is 1. The van der Waals surface area contributed by atoms with E-state index in [1.807, 2.05) is 26.0 Å². The van der Waals surface area contributed by atoms with E-state index < -0.39 is 0 Å². The zero-order valence-electron chi connectivity index (χ0n) is 13.8. The Labute approximate surface area is 152 Å². The number of ether oxygens (including phenoxy) is 2. The van der Waals surface area contributed by atoms with Gasteiger partial charge >= 0.3 is 0 Å². The number of fused-ring (bicyclic) bond motifs is 1. The van der Waals surface area contributed by atoms with Crippen LogP contribution in [0, 0.1) is 13.8 Å². The number of rotatable bonds is 4. The fraction of sp³-hybridized carbons (Fsp3) is 0.294. The first-order chi connectivity index (χ1) is 11.5. The lowest BCUT2D eigenvalue weighted by molar-refractivity contribution is 0.354. The highest BCUT2D eigenvalue weighted by atomic mass is 79.9. The van der Waals surface area contributed by atoms with Crippen molar-refractivity contribution < 1.29 is 9.47 Å². The molecule has 0 amide bonds. The molecular weight excluding hydrogens is 392 g/mol. The van der Waals surface area contributed by atoms with Crippen LogP contribution in [0.4, 0.5) is 0 Å². The monoisotopic (exact) mass is 408 g/mol. The second-order valence-corrected chi connectivity index (χ2v) is 7.50. The van der Waals surface area contributed by atoms with Crippen LogP contribution in [0.3, 0.4) is 0 Å². The normalized spacial score (nSPS) is 11.0. The first kappa shape index (κ1) is 17.0. The first-order valence-electron chi connectivity index (χ1n) is 7.31. The molecule has 0 N–H and O–H groups in total. The van der Waals surface area contributed by atoms with Crippen LogP contribution >= 0.6 is 27.3 Å². The lowest BCUT2D eigenvalue weighted by Crippen LogP contribution is -2.21. The first-order valence-corrected chi connectivity index (χ1v) is 8.92. The largest absolute Gasteiger partial charge is 0.493 e. The zero-order chi connectivity index (χ0) is 17.4. The topological polar surface area (TPSA) is 53.4 Å². The molecule has 2 heterocycles. The van der Waals surface area contributed by atoms with Gasteiger partial charge in [0.1, 0.15) is 4.83 Å². The van der Waals surface area contributed by atoms with E-state index in [0.717, 1.165) is 25.3 Å². The van der Waals surface area contributed by atoms with Crippen molar-refractivity contribution in [1.29, 1.82) is 0 Å². The highest BCUT2D eigenvalue weighted by molar-refractivity contribution is 9.10. The fourth-order valence-corrected chi connectivity index (χ4v) is 4.02. The van der Waals surface area contributed by atoms with Crippen molar-refractivity contribution >= 4 is 37.5 Å². The summed E-state index contributed by atoms with van der Waals surface area (Å²) >= 11 is 5.08. The summed E-state index contributed by atoms with van der Waals surface area (Å²) < 4.78 is 13.1. The molecule has 126 valence electrons. The van der Waals surface area contributed by atoms with Gasteiger partial charge in [-0.25, -0.2) is 4.98 Å². The van der Waals surface area contributed by atoms with Crippen molar-refractivity contribution in [2.24, 2.45) is 0 Å². The molecular formula is C17H17BrN2O3S. The Morgan fingerprint density at radius 1 is 1.21 bits per heavy atom. The second kappa shape index (κ2) is 6.57. The van der Waals surface area contributed by atoms with Gasteiger partial charge in [0, 0.05) is 9.35 Å². The van der Waals surface area contributed by atoms with Crippen molar-refractivity contribution in [2.75, 3.05) is 14.2 Å². The van der Waals surface area contributed by atoms with Gasteiger partial charge < -0.3 is 9.47 Å². The molecule has 0 spiro atoms. The van der Waals surface area contributed by atoms with Crippen LogP contribution in [-0.2, 0) is 6.54 Å². The van der Waals surface area contributed by atoms with Crippen LogP contribution < -0.4 is 15.0 Å². The van der Waals surface area contributed by atoms with Gasteiger partial charge in [-0.05, 0) is 37.1 Å². The second-order valence-electron chi connectivity index (χ2n) is 5.44. The Kier molecular flexibility index (Phi) is 4.64. The van der Waals surface area contributed by atoms with Crippen molar-refractivity contribution in [3.8, 4) is 11.5 Å². The van der Waals surface area contributed by atoms with Crippen LogP contribution in [0.15, 0.2) is 27.7 Å². The van der Waals surface area contributed by atoms with Crippen molar-refractivity contribution in [2.45, 2.75) is 20.4 Å². The molecule has 7 heteroatoms. The molecule has 0 fully saturated rings. The van der Waals surface area contributed by atoms with Gasteiger partial charge in [-0.2, -0.15) is 0 Å². The molecule has 0 atom stereocenters. The van der Waals surface area contributed by atoms with Gasteiger partial charge in [0.15, 0.2) is 11.5 Å². The molecule has 0 bridgehead atoms. The summed E-state index contributed by atoms with van der Waals surface area (Å²) in [6.45, 7) is 4.38. The quantitative estimate of drug-likeness (QED) is 0.656. The lowest BCUT2D eigenvalue weighted by atomic mass is 10.2. The summed E-state index contributed by atoms with van der Waals surface area (Å²) in [5, 5.41) is 0.705. The summed E-state index contributed by atoms with van der Waals surface area (Å²) in [6, 6.07) is 3.70. The molecule has 0 aliphatic rings. The van der Waals surface area contributed by atoms with E-state index in [9.17, 15) is 4.79 Å². The van der Waals surface area contributed by atoms with Gasteiger partial charge in [0.25, 0.3) is 5.56 Å². The van der Waals surface area contributed by atoms with Crippen LogP contribution in [-0.4, -0.2) is 23.8 Å². The molecule has 5 nitrogen and oxygen atoms in total. The van der Waals surface area contributed by atoms with Gasteiger partial charge in [-0.3, -0.25) is 9.36 Å². The van der Waals surface area contributed by atoms with Gasteiger partial charge in [0.2, 0.25) is 0 Å². The van der Waals surface area contributed by atoms with Crippen LogP contribution in [0.1, 0.15) is 16.0 Å². The lowest BCUT2D eigenvalue weighted by Gasteiger charge is -2.13. The zero-order valence-corrected chi connectivity index (χ0v) is 16.2. The van der Waals surface area contributed by atoms with Crippen molar-refractivity contribution in [3.63, 3.8) is 0 Å². The highest BCUT2D eigenvalue weighted by Crippen LogP contribution is 2.33. The molecule has 0 aliphatic carbocycles. The molecule has 3 rings (SSSR count). The predicted molar refractivity (Wildman–Crippen MR) is 99.7 cm³/mol. The predicted octanol–water partition coefficient (Wildman–Crippen LogP) is 3.90. The summed E-state index contributed by atoms with van der Waals surface area (Å²) in [5.74, 6) is 1.26. The maximum atomic E-state index is 12.8. The van der Waals surface area contributed by atoms with E-state index in [1.54, 1.807) is 36.5 Å². The number of thiophene rings is 1. The average Bonchev–Trinajstić information content (AvgIpc) is 2.86. The molecule has 0 unspecified atom stereocenters. The summed E-state index contributed by atoms with van der Waals surface area (Å²) in [5.41, 5.74) is 1.90. The Morgan fingerprint density at radius 3 is 2.54 bits per heavy atom. The fourth-order valence-electron chi connectivity index (χ4n) is 2.58. The summed E-state index contributed by atoms with van der Waals surface area (Å²) in [4.78, 5) is 19.2. The van der Waals surface area contributed by atoms with E-state index in [4.69, 9.17) is 9.47 Å². The van der Waals surface area contributed by atoms with E-state index in [1.165, 1.54) is 0 Å². The van der Waals surface area contributed by atoms with Crippen molar-refractivity contribution in [3.05, 3.63) is 49.3 Å². The maximum absolute atomic E-state index is 12.8. The van der Waals surface area contributed by atoms with E-state index in [-0.39, 0.29) is 5.56 Å². The Balaban J connectivity index is 2.09. The van der Waals surface area contributed by atoms with Crippen LogP contribution in [0.25, 0.3) is 10.2 Å². The number of nitrogens with zero attached hydrogens (tertiary/aromatic N) is 2. The number of aromatic nitrogens is 2. The highest BCUT2D eigenvalue weighted by Gasteiger charge is 2.14. The molecule has 2 aromatic heterocycles. The third kappa shape index (κ3) is 2.82. The molecule has 24 heavy (non-hydrogen) atoms. The van der Waals surface area contributed by atoms with Crippen LogP contribution in [0.2, 0.25) is 0 Å². The van der Waals surface area contributed by atoms with E-state index in [0.29, 0.717) is 23.4 Å². The number of hydrogen-bond acceptors (Lipinski definition) is 5. The SMILES string of the molecule is COc1cc(Br)c(Cn2cnc3sc(C)c(C)c3c2=O)cc1OC. The molecule has 1 aromatic carbocycles. The third-order valence-corrected chi connectivity index (χ3v) is 5.90. The smallest absolute Gasteiger partial charge is 0.262 e. The minimum absolute atomic E-state index is 0.0245. The molecule has 0 radical (unpaired) electrons. The van der Waals surface area contributed by atoms with Crippen molar-refractivity contribution in [1.82, 2.24) is 9.55 Å². The standard InChI is InChI=1S/C17H17BrN2O3S/c1-9-10(2)24-16-15(9)17(21)20(8-19-16)7-11-5-13(22-3)14(23-4)6-12(11)18/h5-6,8H,7H2,1-4H3. The van der Waals surface area contributed by atoms with Gasteiger partial charge in [-0.15, -0.1) is 11.3 Å². The van der Waals surface area contributed by atoms with Gasteiger partial charge in [0.05, 0.1) is 32.5 Å². The number of methoxy groups -OCH3 is 2. The Morgan fingerprint density at radius 2 is 1.88 bits per heavy atom. The number of aryl methyl sites for hydroxylation is 2. The van der Waals surface area contributed by atoms with E-state index >= 15 is 0 Å². The molecule has 0 saturated carbocycles. The third-order valence-electron chi connectivity index (χ3n) is 4.05. The van der Waals surface area contributed by atoms with Crippen LogP contribution in [0.5, 0.6) is 11.5 Å². The summed E-state index contributed by atoms with van der Waals surface area (Å²) in [6.07, 6.45) is 1.60. The number of hydrogen-bond donors (Lipinski definition) is 0. The molecule has 0 aliphatic heterocycles. The van der Waals surface area contributed by atoms with E-state index in [2.05, 4.69) is 20.9 Å². The minimum Gasteiger partial charge on any atom is -0.493 e. The Bertz CT molecular complexity index is 978. The number of halogens is 1. The van der Waals surface area contributed by atoms with Gasteiger partial charge in [-0.1, -0.05) is 15.9 Å². The molecule has 3 aromatic rings. The minimum atomic E-state index is -0.0245. The maximum Gasteiger partial charge on any atom is 0.262 e. The Hall–Kier alpha value is -1.86. The summed E-state index contributed by atoms with van der Waals surface area (Å²) in [7, 11) is 3.18. The molecule has 0 saturated heterocycles.